The molecular weight excluding hydrogens is 475 g/mol. The fourth-order valence-corrected chi connectivity index (χ4v) is 4.76. The summed E-state index contributed by atoms with van der Waals surface area (Å²) in [7, 11) is 0. The number of carbonyl (C=O) groups is 2. The van der Waals surface area contributed by atoms with Crippen molar-refractivity contribution in [2.24, 2.45) is 11.8 Å². The van der Waals surface area contributed by atoms with Crippen molar-refractivity contribution in [2.75, 3.05) is 25.0 Å². The number of carbonyl (C=O) groups excluding carboxylic acids is 2. The van der Waals surface area contributed by atoms with Gasteiger partial charge in [-0.3, -0.25) is 9.59 Å². The van der Waals surface area contributed by atoms with Crippen molar-refractivity contribution in [1.82, 2.24) is 10.6 Å². The molecule has 2 aliphatic carbocycles. The van der Waals surface area contributed by atoms with Crippen molar-refractivity contribution in [3.05, 3.63) is 23.2 Å². The Morgan fingerprint density at radius 1 is 1.18 bits per heavy atom. The highest BCUT2D eigenvalue weighted by Gasteiger charge is 2.48. The molecule has 11 heteroatoms. The maximum Gasteiger partial charge on any atom is 0.392 e. The van der Waals surface area contributed by atoms with Crippen LogP contribution >= 0.6 is 11.6 Å². The van der Waals surface area contributed by atoms with E-state index in [1.165, 1.54) is 0 Å². The molecule has 1 atom stereocenters. The van der Waals surface area contributed by atoms with Gasteiger partial charge in [0.25, 0.3) is 0 Å². The smallest absolute Gasteiger partial charge is 0.392 e. The third-order valence-electron chi connectivity index (χ3n) is 6.73. The van der Waals surface area contributed by atoms with Gasteiger partial charge in [-0.2, -0.15) is 13.2 Å². The maximum atomic E-state index is 12.6. The summed E-state index contributed by atoms with van der Waals surface area (Å²) in [4.78, 5) is 24.7. The van der Waals surface area contributed by atoms with Gasteiger partial charge in [-0.15, -0.1) is 0 Å². The molecule has 0 bridgehead atoms. The first-order valence-electron chi connectivity index (χ1n) is 11.6. The van der Waals surface area contributed by atoms with Crippen LogP contribution in [0, 0.1) is 11.8 Å². The first kappa shape index (κ1) is 24.9. The molecule has 1 aromatic carbocycles. The highest BCUT2D eigenvalue weighted by Crippen LogP contribution is 2.42. The summed E-state index contributed by atoms with van der Waals surface area (Å²) in [5.74, 6) is -1.10. The lowest BCUT2D eigenvalue weighted by Crippen LogP contribution is -2.46. The van der Waals surface area contributed by atoms with Crippen LogP contribution in [0.5, 0.6) is 5.75 Å². The van der Waals surface area contributed by atoms with Crippen molar-refractivity contribution in [3.8, 4) is 5.75 Å². The van der Waals surface area contributed by atoms with Gasteiger partial charge >= 0.3 is 6.18 Å². The molecule has 1 aromatic rings. The Balaban J connectivity index is 1.10. The van der Waals surface area contributed by atoms with Crippen LogP contribution in [0.15, 0.2) is 18.2 Å². The third kappa shape index (κ3) is 6.47. The molecular formula is C23H29ClF3N3O4. The van der Waals surface area contributed by atoms with Crippen LogP contribution in [0.1, 0.15) is 38.5 Å². The molecule has 0 aromatic heterocycles. The third-order valence-corrected chi connectivity index (χ3v) is 6.97. The summed E-state index contributed by atoms with van der Waals surface area (Å²) in [5, 5.41) is 9.70. The zero-order valence-corrected chi connectivity index (χ0v) is 19.4. The molecule has 7 nitrogen and oxygen atoms in total. The maximum absolute atomic E-state index is 12.6. The standard InChI is InChI=1S/C23H29ClF3N3O4/c24-15-3-6-20-19(9-15)28-10-18(34-20)11-29-22(32)13-1-4-16(5-2-13)30-21(31)12-33-17-7-14(8-17)23(25,26)27/h3,6,9,13-14,16-18,28H,1-2,4-5,7-8,10-12H2,(H,29,32)(H,30,31). The molecule has 2 fully saturated rings. The van der Waals surface area contributed by atoms with Gasteiger partial charge in [0.2, 0.25) is 11.8 Å². The van der Waals surface area contributed by atoms with Crippen molar-refractivity contribution in [2.45, 2.75) is 63.0 Å². The van der Waals surface area contributed by atoms with Crippen LogP contribution in [-0.4, -0.2) is 55.9 Å². The minimum atomic E-state index is -4.19. The van der Waals surface area contributed by atoms with Gasteiger partial charge in [-0.1, -0.05) is 11.6 Å². The van der Waals surface area contributed by atoms with Gasteiger partial charge in [0, 0.05) is 17.0 Å². The van der Waals surface area contributed by atoms with E-state index < -0.39 is 18.2 Å². The van der Waals surface area contributed by atoms with Crippen molar-refractivity contribution < 1.29 is 32.2 Å². The van der Waals surface area contributed by atoms with E-state index in [0.29, 0.717) is 49.5 Å². The molecule has 3 N–H and O–H groups in total. The van der Waals surface area contributed by atoms with E-state index in [0.717, 1.165) is 5.69 Å². The Kier molecular flexibility index (Phi) is 7.77. The molecule has 0 radical (unpaired) electrons. The number of fused-ring (bicyclic) bond motifs is 1. The molecule has 1 aliphatic heterocycles. The Bertz CT molecular complexity index is 887. The Labute approximate surface area is 201 Å². The highest BCUT2D eigenvalue weighted by atomic mass is 35.5. The highest BCUT2D eigenvalue weighted by molar-refractivity contribution is 6.30. The summed E-state index contributed by atoms with van der Waals surface area (Å²) in [6, 6.07) is 5.29. The number of halogens is 4. The fourth-order valence-electron chi connectivity index (χ4n) is 4.59. The van der Waals surface area contributed by atoms with Gasteiger partial charge < -0.3 is 25.4 Å². The van der Waals surface area contributed by atoms with E-state index in [1.807, 2.05) is 0 Å². The summed E-state index contributed by atoms with van der Waals surface area (Å²) in [5.41, 5.74) is 0.832. The molecule has 1 unspecified atom stereocenters. The number of amides is 2. The predicted octanol–water partition coefficient (Wildman–Crippen LogP) is 3.66. The molecule has 34 heavy (non-hydrogen) atoms. The Hall–Kier alpha value is -2.20. The van der Waals surface area contributed by atoms with Crippen LogP contribution < -0.4 is 20.7 Å². The lowest BCUT2D eigenvalue weighted by atomic mass is 9.82. The van der Waals surface area contributed by atoms with Crippen LogP contribution in [0.3, 0.4) is 0 Å². The van der Waals surface area contributed by atoms with E-state index in [1.54, 1.807) is 18.2 Å². The van der Waals surface area contributed by atoms with Gasteiger partial charge in [0.05, 0.1) is 30.8 Å². The molecule has 4 rings (SSSR count). The van der Waals surface area contributed by atoms with Crippen molar-refractivity contribution in [1.29, 1.82) is 0 Å². The molecule has 0 spiro atoms. The van der Waals surface area contributed by atoms with E-state index in [-0.39, 0.29) is 49.3 Å². The summed E-state index contributed by atoms with van der Waals surface area (Å²) in [6.45, 7) is 0.713. The van der Waals surface area contributed by atoms with Crippen molar-refractivity contribution >= 4 is 29.1 Å². The van der Waals surface area contributed by atoms with Crippen molar-refractivity contribution in [3.63, 3.8) is 0 Å². The number of rotatable bonds is 7. The molecule has 2 saturated carbocycles. The monoisotopic (exact) mass is 503 g/mol. The van der Waals surface area contributed by atoms with E-state index >= 15 is 0 Å². The summed E-state index contributed by atoms with van der Waals surface area (Å²) in [6.07, 6.45) is -2.41. The van der Waals surface area contributed by atoms with Crippen LogP contribution in [0.4, 0.5) is 18.9 Å². The minimum absolute atomic E-state index is 0.0252. The number of nitrogens with one attached hydrogen (secondary N) is 3. The SMILES string of the molecule is O=C(COC1CC(C(F)(F)F)C1)NC1CCC(C(=O)NCC2CNc3cc(Cl)ccc3O2)CC1. The van der Waals surface area contributed by atoms with E-state index in [4.69, 9.17) is 21.1 Å². The van der Waals surface area contributed by atoms with E-state index in [9.17, 15) is 22.8 Å². The number of hydrogen-bond donors (Lipinski definition) is 3. The second-order valence-electron chi connectivity index (χ2n) is 9.27. The molecule has 1 heterocycles. The normalized spacial score (nSPS) is 28.5. The first-order chi connectivity index (χ1) is 16.2. The average molecular weight is 504 g/mol. The van der Waals surface area contributed by atoms with Gasteiger partial charge in [0.1, 0.15) is 18.5 Å². The average Bonchev–Trinajstić information content (AvgIpc) is 2.76. The number of hydrogen-bond acceptors (Lipinski definition) is 5. The number of anilines is 1. The molecule has 2 amide bonds. The van der Waals surface area contributed by atoms with Crippen LogP contribution in [0.25, 0.3) is 0 Å². The predicted molar refractivity (Wildman–Crippen MR) is 120 cm³/mol. The number of benzene rings is 1. The Morgan fingerprint density at radius 3 is 2.62 bits per heavy atom. The topological polar surface area (TPSA) is 88.7 Å². The minimum Gasteiger partial charge on any atom is -0.485 e. The molecule has 3 aliphatic rings. The van der Waals surface area contributed by atoms with Crippen LogP contribution in [-0.2, 0) is 14.3 Å². The van der Waals surface area contributed by atoms with Crippen LogP contribution in [0.2, 0.25) is 5.02 Å². The largest absolute Gasteiger partial charge is 0.485 e. The number of alkyl halides is 3. The molecule has 0 saturated heterocycles. The summed E-state index contributed by atoms with van der Waals surface area (Å²) < 4.78 is 48.7. The Morgan fingerprint density at radius 2 is 1.91 bits per heavy atom. The van der Waals surface area contributed by atoms with Gasteiger partial charge in [-0.25, -0.2) is 0 Å². The second kappa shape index (κ2) is 10.6. The zero-order valence-electron chi connectivity index (χ0n) is 18.6. The first-order valence-corrected chi connectivity index (χ1v) is 12.0. The quantitative estimate of drug-likeness (QED) is 0.528. The van der Waals surface area contributed by atoms with Gasteiger partial charge in [-0.05, 0) is 56.7 Å². The lowest BCUT2D eigenvalue weighted by molar-refractivity contribution is -0.219. The second-order valence-corrected chi connectivity index (χ2v) is 9.70. The van der Waals surface area contributed by atoms with E-state index in [2.05, 4.69) is 16.0 Å². The number of ether oxygens (including phenoxy) is 2. The summed E-state index contributed by atoms with van der Waals surface area (Å²) >= 11 is 5.98. The molecule has 188 valence electrons. The zero-order chi connectivity index (χ0) is 24.3. The fraction of sp³-hybridized carbons (Fsp3) is 0.652. The lowest BCUT2D eigenvalue weighted by Gasteiger charge is -2.36. The van der Waals surface area contributed by atoms with Gasteiger partial charge in [0.15, 0.2) is 0 Å².